The van der Waals surface area contributed by atoms with E-state index in [9.17, 15) is 14.7 Å². The highest BCUT2D eigenvalue weighted by atomic mass is 32.1. The molecule has 2 atom stereocenters. The van der Waals surface area contributed by atoms with Crippen LogP contribution in [0.2, 0.25) is 0 Å². The highest BCUT2D eigenvalue weighted by molar-refractivity contribution is 7.10. The van der Waals surface area contributed by atoms with Crippen LogP contribution in [-0.2, 0) is 20.7 Å². The third-order valence-electron chi connectivity index (χ3n) is 3.46. The number of carboxylic acids is 1. The number of hydrogen-bond donors (Lipinski definition) is 1. The summed E-state index contributed by atoms with van der Waals surface area (Å²) >= 11 is 1.54. The Morgan fingerprint density at radius 1 is 1.50 bits per heavy atom. The van der Waals surface area contributed by atoms with Crippen LogP contribution in [0.5, 0.6) is 0 Å². The minimum absolute atomic E-state index is 0.0175. The van der Waals surface area contributed by atoms with Gasteiger partial charge in [0.05, 0.1) is 25.7 Å². The first kappa shape index (κ1) is 15.0. The smallest absolute Gasteiger partial charge is 0.311 e. The quantitative estimate of drug-likeness (QED) is 0.866. The van der Waals surface area contributed by atoms with Gasteiger partial charge in [0, 0.05) is 11.4 Å². The number of carbonyl (C=O) groups excluding carboxylic acids is 1. The molecule has 2 rings (SSSR count). The summed E-state index contributed by atoms with van der Waals surface area (Å²) in [5.74, 6) is -1.53. The zero-order valence-electron chi connectivity index (χ0n) is 11.4. The van der Waals surface area contributed by atoms with E-state index in [-0.39, 0.29) is 18.6 Å². The van der Waals surface area contributed by atoms with Crippen LogP contribution in [-0.4, -0.2) is 47.7 Å². The number of aliphatic carboxylic acids is 1. The molecule has 6 heteroatoms. The average molecular weight is 297 g/mol. The van der Waals surface area contributed by atoms with Crippen LogP contribution in [0.3, 0.4) is 0 Å². The standard InChI is InChI=1S/C14H19NO4S/c1-2-5-15(12-9-19-8-11(12)14(17)18)13(16)7-10-4-3-6-20-10/h3-4,6,11-12H,2,5,7-9H2,1H3,(H,17,18). The molecule has 1 aromatic heterocycles. The Hall–Kier alpha value is -1.40. The van der Waals surface area contributed by atoms with Gasteiger partial charge in [0.2, 0.25) is 5.91 Å². The van der Waals surface area contributed by atoms with E-state index in [1.807, 2.05) is 24.4 Å². The molecule has 2 heterocycles. The van der Waals surface area contributed by atoms with Gasteiger partial charge in [-0.25, -0.2) is 0 Å². The van der Waals surface area contributed by atoms with Crippen LogP contribution in [0, 0.1) is 5.92 Å². The fraction of sp³-hybridized carbons (Fsp3) is 0.571. The van der Waals surface area contributed by atoms with Gasteiger partial charge in [0.1, 0.15) is 5.92 Å². The third kappa shape index (κ3) is 3.37. The Labute approximate surface area is 122 Å². The minimum Gasteiger partial charge on any atom is -0.481 e. The van der Waals surface area contributed by atoms with Gasteiger partial charge in [-0.15, -0.1) is 11.3 Å². The van der Waals surface area contributed by atoms with Crippen LogP contribution in [0.15, 0.2) is 17.5 Å². The number of thiophene rings is 1. The summed E-state index contributed by atoms with van der Waals surface area (Å²) in [5.41, 5.74) is 0. The summed E-state index contributed by atoms with van der Waals surface area (Å²) in [6.07, 6.45) is 1.14. The maximum absolute atomic E-state index is 12.4. The van der Waals surface area contributed by atoms with Crippen molar-refractivity contribution in [2.45, 2.75) is 25.8 Å². The van der Waals surface area contributed by atoms with Gasteiger partial charge >= 0.3 is 5.97 Å². The number of carbonyl (C=O) groups is 2. The van der Waals surface area contributed by atoms with Crippen LogP contribution in [0.4, 0.5) is 0 Å². The van der Waals surface area contributed by atoms with E-state index in [0.29, 0.717) is 19.6 Å². The molecule has 0 aliphatic carbocycles. The van der Waals surface area contributed by atoms with Gasteiger partial charge in [-0.2, -0.15) is 0 Å². The van der Waals surface area contributed by atoms with Crippen molar-refractivity contribution < 1.29 is 19.4 Å². The van der Waals surface area contributed by atoms with Crippen molar-refractivity contribution in [3.05, 3.63) is 22.4 Å². The Morgan fingerprint density at radius 2 is 2.30 bits per heavy atom. The molecule has 0 bridgehead atoms. The highest BCUT2D eigenvalue weighted by Crippen LogP contribution is 2.22. The molecule has 0 saturated carbocycles. The zero-order valence-corrected chi connectivity index (χ0v) is 12.3. The molecule has 1 aliphatic rings. The molecule has 1 N–H and O–H groups in total. The van der Waals surface area contributed by atoms with Crippen molar-refractivity contribution in [2.24, 2.45) is 5.92 Å². The lowest BCUT2D eigenvalue weighted by atomic mass is 10.0. The van der Waals surface area contributed by atoms with E-state index in [1.165, 1.54) is 0 Å². The van der Waals surface area contributed by atoms with Crippen LogP contribution in [0.25, 0.3) is 0 Å². The Bertz CT molecular complexity index is 460. The topological polar surface area (TPSA) is 66.8 Å². The fourth-order valence-corrected chi connectivity index (χ4v) is 3.16. The number of ether oxygens (including phenoxy) is 1. The lowest BCUT2D eigenvalue weighted by Gasteiger charge is -2.30. The first-order valence-corrected chi connectivity index (χ1v) is 7.63. The Balaban J connectivity index is 2.09. The number of carboxylic acid groups (broad SMARTS) is 1. The monoisotopic (exact) mass is 297 g/mol. The third-order valence-corrected chi connectivity index (χ3v) is 4.33. The molecule has 2 unspecified atom stereocenters. The predicted octanol–water partition coefficient (Wildman–Crippen LogP) is 1.63. The average Bonchev–Trinajstić information content (AvgIpc) is 3.06. The largest absolute Gasteiger partial charge is 0.481 e. The molecule has 1 fully saturated rings. The van der Waals surface area contributed by atoms with Crippen LogP contribution in [0.1, 0.15) is 18.2 Å². The normalized spacial score (nSPS) is 21.9. The van der Waals surface area contributed by atoms with Gasteiger partial charge in [-0.1, -0.05) is 13.0 Å². The first-order valence-electron chi connectivity index (χ1n) is 6.76. The summed E-state index contributed by atoms with van der Waals surface area (Å²) in [4.78, 5) is 26.4. The van der Waals surface area contributed by atoms with Gasteiger partial charge in [0.15, 0.2) is 0 Å². The van der Waals surface area contributed by atoms with E-state index in [1.54, 1.807) is 16.2 Å². The molecule has 0 radical (unpaired) electrons. The molecule has 20 heavy (non-hydrogen) atoms. The minimum atomic E-state index is -0.891. The molecule has 0 aromatic carbocycles. The van der Waals surface area contributed by atoms with Crippen molar-refractivity contribution in [3.63, 3.8) is 0 Å². The fourth-order valence-electron chi connectivity index (χ4n) is 2.47. The number of rotatable bonds is 6. The Kier molecular flexibility index (Phi) is 5.14. The second-order valence-electron chi connectivity index (χ2n) is 4.89. The van der Waals surface area contributed by atoms with Crippen molar-refractivity contribution >= 4 is 23.2 Å². The first-order chi connectivity index (χ1) is 9.63. The lowest BCUT2D eigenvalue weighted by Crippen LogP contribution is -2.47. The van der Waals surface area contributed by atoms with Crippen molar-refractivity contribution in [2.75, 3.05) is 19.8 Å². The van der Waals surface area contributed by atoms with E-state index in [2.05, 4.69) is 0 Å². The second-order valence-corrected chi connectivity index (χ2v) is 5.93. The summed E-state index contributed by atoms with van der Waals surface area (Å²) in [5, 5.41) is 11.2. The molecular weight excluding hydrogens is 278 g/mol. The van der Waals surface area contributed by atoms with Gasteiger partial charge in [0.25, 0.3) is 0 Å². The van der Waals surface area contributed by atoms with E-state index in [4.69, 9.17) is 4.74 Å². The van der Waals surface area contributed by atoms with Crippen LogP contribution >= 0.6 is 11.3 Å². The molecule has 0 spiro atoms. The van der Waals surface area contributed by atoms with E-state index >= 15 is 0 Å². The van der Waals surface area contributed by atoms with Crippen LogP contribution < -0.4 is 0 Å². The van der Waals surface area contributed by atoms with Gasteiger partial charge in [-0.05, 0) is 17.9 Å². The number of amides is 1. The lowest BCUT2D eigenvalue weighted by molar-refractivity contribution is -0.145. The molecule has 1 saturated heterocycles. The molecule has 1 aliphatic heterocycles. The Morgan fingerprint density at radius 3 is 2.90 bits per heavy atom. The number of nitrogens with zero attached hydrogens (tertiary/aromatic N) is 1. The van der Waals surface area contributed by atoms with E-state index < -0.39 is 11.9 Å². The predicted molar refractivity (Wildman–Crippen MR) is 75.8 cm³/mol. The SMILES string of the molecule is CCCN(C(=O)Cc1cccs1)C1COCC1C(=O)O. The number of hydrogen-bond acceptors (Lipinski definition) is 4. The maximum atomic E-state index is 12.4. The summed E-state index contributed by atoms with van der Waals surface area (Å²) < 4.78 is 5.27. The second kappa shape index (κ2) is 6.85. The maximum Gasteiger partial charge on any atom is 0.311 e. The van der Waals surface area contributed by atoms with Crippen molar-refractivity contribution in [3.8, 4) is 0 Å². The van der Waals surface area contributed by atoms with Crippen molar-refractivity contribution in [1.29, 1.82) is 0 Å². The molecule has 5 nitrogen and oxygen atoms in total. The molecule has 1 amide bonds. The zero-order chi connectivity index (χ0) is 14.5. The summed E-state index contributed by atoms with van der Waals surface area (Å²) in [6.45, 7) is 3.05. The highest BCUT2D eigenvalue weighted by Gasteiger charge is 2.39. The summed E-state index contributed by atoms with van der Waals surface area (Å²) in [6, 6.07) is 3.49. The van der Waals surface area contributed by atoms with Crippen molar-refractivity contribution in [1.82, 2.24) is 4.90 Å². The summed E-state index contributed by atoms with van der Waals surface area (Å²) in [7, 11) is 0. The molecule has 110 valence electrons. The molecule has 1 aromatic rings. The van der Waals surface area contributed by atoms with Gasteiger partial charge < -0.3 is 14.7 Å². The molecular formula is C14H19NO4S. The van der Waals surface area contributed by atoms with Gasteiger partial charge in [-0.3, -0.25) is 9.59 Å². The van der Waals surface area contributed by atoms with E-state index in [0.717, 1.165) is 11.3 Å².